The van der Waals surface area contributed by atoms with Crippen LogP contribution in [0.1, 0.15) is 41.5 Å². The van der Waals surface area contributed by atoms with Crippen LogP contribution < -0.4 is 0 Å². The summed E-state index contributed by atoms with van der Waals surface area (Å²) in [6.45, 7) is 12.5. The minimum absolute atomic E-state index is 0. The summed E-state index contributed by atoms with van der Waals surface area (Å²) in [7, 11) is 0. The van der Waals surface area contributed by atoms with Gasteiger partial charge in [0.25, 0.3) is 0 Å². The van der Waals surface area contributed by atoms with Crippen molar-refractivity contribution in [2.75, 3.05) is 0 Å². The molecule has 0 aromatic heterocycles. The molecule has 0 unspecified atom stereocenters. The maximum atomic E-state index is 2.08. The van der Waals surface area contributed by atoms with Crippen molar-refractivity contribution >= 4 is 10.1 Å². The van der Waals surface area contributed by atoms with Gasteiger partial charge in [-0.15, -0.1) is 0 Å². The predicted octanol–water partition coefficient (Wildman–Crippen LogP) is 2.86. The van der Waals surface area contributed by atoms with E-state index in [9.17, 15) is 0 Å². The Morgan fingerprint density at radius 2 is 0.556 bits per heavy atom. The second-order valence-electron chi connectivity index (χ2n) is 3.00. The van der Waals surface area contributed by atoms with Gasteiger partial charge in [-0.05, 0) is 0 Å². The minimum Gasteiger partial charge on any atom is -0.323 e. The van der Waals surface area contributed by atoms with Crippen molar-refractivity contribution in [2.45, 2.75) is 41.5 Å². The van der Waals surface area contributed by atoms with Crippen LogP contribution in [0.3, 0.4) is 0 Å². The molecule has 0 rings (SSSR count). The molecule has 1 heteroatoms. The zero-order chi connectivity index (χ0) is 7.15. The molecule has 0 aromatic carbocycles. The molecule has 0 radical (unpaired) electrons. The van der Waals surface area contributed by atoms with E-state index in [1.54, 1.807) is 0 Å². The fraction of sp³-hybridized carbons (Fsp3) is 0.750. The molecule has 9 heavy (non-hydrogen) atoms. The molecule has 0 heterocycles. The molecule has 0 nitrogen and oxygen atoms in total. The Morgan fingerprint density at radius 3 is 0.556 bits per heavy atom. The van der Waals surface area contributed by atoms with Crippen LogP contribution in [-0.4, -0.2) is 10.1 Å². The molecule has 0 aromatic rings. The van der Waals surface area contributed by atoms with Crippen molar-refractivity contribution in [3.63, 3.8) is 0 Å². The number of rotatable bonds is 0. The molecule has 0 bridgehead atoms. The Hall–Kier alpha value is 0.169. The van der Waals surface area contributed by atoms with E-state index in [1.165, 1.54) is 11.8 Å². The fourth-order valence-corrected chi connectivity index (χ4v) is 0. The molecule has 0 N–H and O–H groups in total. The molecule has 0 saturated heterocycles. The van der Waals surface area contributed by atoms with Gasteiger partial charge in [0.1, 0.15) is 0 Å². The molecule has 0 atom stereocenters. The summed E-state index contributed by atoms with van der Waals surface area (Å²) in [6, 6.07) is 0. The van der Waals surface area contributed by atoms with Crippen LogP contribution in [0.2, 0.25) is 0 Å². The second-order valence-corrected chi connectivity index (χ2v) is 3.00. The van der Waals surface area contributed by atoms with Crippen LogP contribution in [0.15, 0.2) is 0 Å². The molecule has 0 aliphatic carbocycles. The third-order valence-corrected chi connectivity index (χ3v) is 0. The first-order valence-electron chi connectivity index (χ1n) is 3.00. The molecular weight excluding hydrogens is 105 g/mol. The maximum Gasteiger partial charge on any atom is 2.00 e. The van der Waals surface area contributed by atoms with Gasteiger partial charge in [0.05, 0.1) is 0 Å². The van der Waals surface area contributed by atoms with Crippen molar-refractivity contribution in [3.8, 4) is 0 Å². The molecule has 0 aliphatic rings. The van der Waals surface area contributed by atoms with E-state index in [2.05, 4.69) is 41.5 Å². The summed E-state index contributed by atoms with van der Waals surface area (Å²) >= 11 is 0. The SMILES string of the molecule is C[C-](C)C.C[C-](C)C.[Be+2]. The standard InChI is InChI=1S/2C4H9.Be/c2*1-4(2)3;/h2*1-3H3;/q2*-1;+2. The zero-order valence-corrected chi connectivity index (χ0v) is 7.71. The fourth-order valence-electron chi connectivity index (χ4n) is 0. The normalized spacial score (nSPS) is 8.00. The van der Waals surface area contributed by atoms with Crippen molar-refractivity contribution < 1.29 is 0 Å². The van der Waals surface area contributed by atoms with Crippen LogP contribution in [0.5, 0.6) is 0 Å². The quantitative estimate of drug-likeness (QED) is 0.343. The Kier molecular flexibility index (Phi) is 19.7. The van der Waals surface area contributed by atoms with Crippen LogP contribution in [-0.2, 0) is 0 Å². The van der Waals surface area contributed by atoms with Gasteiger partial charge < -0.3 is 11.8 Å². The average Bonchev–Trinajstić information content (AvgIpc) is 1.25. The van der Waals surface area contributed by atoms with Crippen LogP contribution in [0, 0.1) is 11.8 Å². The first-order valence-corrected chi connectivity index (χ1v) is 3.00. The molecule has 0 spiro atoms. The van der Waals surface area contributed by atoms with E-state index in [4.69, 9.17) is 0 Å². The molecule has 52 valence electrons. The summed E-state index contributed by atoms with van der Waals surface area (Å²) in [4.78, 5) is 0. The zero-order valence-electron chi connectivity index (χ0n) is 7.71. The van der Waals surface area contributed by atoms with Gasteiger partial charge in [-0.1, -0.05) is 0 Å². The predicted molar refractivity (Wildman–Crippen MR) is 46.3 cm³/mol. The van der Waals surface area contributed by atoms with E-state index in [1.807, 2.05) is 0 Å². The molecule has 0 amide bonds. The first kappa shape index (κ1) is 16.1. The smallest absolute Gasteiger partial charge is 0.323 e. The molecule has 0 saturated carbocycles. The Bertz CT molecular complexity index is 20.0. The summed E-state index contributed by atoms with van der Waals surface area (Å²) in [6.07, 6.45) is 0. The summed E-state index contributed by atoms with van der Waals surface area (Å²) in [5.41, 5.74) is 0. The topological polar surface area (TPSA) is 0 Å². The van der Waals surface area contributed by atoms with Crippen LogP contribution >= 0.6 is 0 Å². The van der Waals surface area contributed by atoms with E-state index in [0.29, 0.717) is 0 Å². The minimum atomic E-state index is 0. The van der Waals surface area contributed by atoms with Crippen molar-refractivity contribution in [2.24, 2.45) is 0 Å². The van der Waals surface area contributed by atoms with Gasteiger partial charge in [0.15, 0.2) is 0 Å². The van der Waals surface area contributed by atoms with Gasteiger partial charge in [-0.25, -0.2) is 0 Å². The Morgan fingerprint density at radius 1 is 0.556 bits per heavy atom. The number of hydrogen-bond donors (Lipinski definition) is 0. The van der Waals surface area contributed by atoms with E-state index in [-0.39, 0.29) is 10.1 Å². The van der Waals surface area contributed by atoms with Crippen LogP contribution in [0.4, 0.5) is 0 Å². The summed E-state index contributed by atoms with van der Waals surface area (Å²) in [5, 5.41) is 0. The van der Waals surface area contributed by atoms with Gasteiger partial charge in [0, 0.05) is 0 Å². The Balaban J connectivity index is -0.0000000720. The third-order valence-electron chi connectivity index (χ3n) is 0. The average molecular weight is 123 g/mol. The van der Waals surface area contributed by atoms with Gasteiger partial charge in [-0.3, -0.25) is 0 Å². The van der Waals surface area contributed by atoms with Crippen LogP contribution in [0.25, 0.3) is 0 Å². The van der Waals surface area contributed by atoms with Crippen molar-refractivity contribution in [1.29, 1.82) is 0 Å². The Labute approximate surface area is 64.3 Å². The van der Waals surface area contributed by atoms with E-state index >= 15 is 0 Å². The molecule has 0 aliphatic heterocycles. The molecular formula is C8H18Be. The summed E-state index contributed by atoms with van der Waals surface area (Å²) in [5.74, 6) is 2.83. The third kappa shape index (κ3) is 10900. The first-order chi connectivity index (χ1) is 3.46. The number of hydrogen-bond acceptors (Lipinski definition) is 0. The largest absolute Gasteiger partial charge is 2.00 e. The monoisotopic (exact) mass is 123 g/mol. The van der Waals surface area contributed by atoms with Gasteiger partial charge in [-0.2, -0.15) is 41.5 Å². The van der Waals surface area contributed by atoms with Crippen molar-refractivity contribution in [1.82, 2.24) is 0 Å². The van der Waals surface area contributed by atoms with Gasteiger partial charge >= 0.3 is 10.1 Å². The van der Waals surface area contributed by atoms with Gasteiger partial charge in [0.2, 0.25) is 0 Å². The molecule has 0 fully saturated rings. The summed E-state index contributed by atoms with van der Waals surface area (Å²) < 4.78 is 0. The second kappa shape index (κ2) is 11.0. The van der Waals surface area contributed by atoms with E-state index in [0.717, 1.165) is 0 Å². The van der Waals surface area contributed by atoms with E-state index < -0.39 is 0 Å². The van der Waals surface area contributed by atoms with Crippen molar-refractivity contribution in [3.05, 3.63) is 11.8 Å². The maximum absolute atomic E-state index is 2.08.